The van der Waals surface area contributed by atoms with E-state index >= 15 is 0 Å². The van der Waals surface area contributed by atoms with Crippen LogP contribution in [0.4, 0.5) is 4.39 Å². The minimum Gasteiger partial charge on any atom is -0.346 e. The SMILES string of the molecule is N#Cc1cc2c(nc1SCc1nnc(C(=O)NCc3ccc(F)cc3)s1)CCCC2. The number of nitriles is 1. The lowest BCUT2D eigenvalue weighted by molar-refractivity contribution is 0.0950. The Labute approximate surface area is 181 Å². The van der Waals surface area contributed by atoms with Gasteiger partial charge in [-0.1, -0.05) is 35.2 Å². The number of aromatic nitrogens is 3. The number of nitrogens with one attached hydrogen (secondary N) is 1. The van der Waals surface area contributed by atoms with Crippen LogP contribution in [0.25, 0.3) is 0 Å². The van der Waals surface area contributed by atoms with E-state index in [2.05, 4.69) is 21.6 Å². The minimum absolute atomic E-state index is 0.270. The van der Waals surface area contributed by atoms with Crippen LogP contribution in [0.3, 0.4) is 0 Å². The molecule has 0 bridgehead atoms. The third-order valence-electron chi connectivity index (χ3n) is 4.75. The van der Waals surface area contributed by atoms with Crippen molar-refractivity contribution in [2.75, 3.05) is 0 Å². The van der Waals surface area contributed by atoms with Crippen molar-refractivity contribution in [1.82, 2.24) is 20.5 Å². The molecule has 0 atom stereocenters. The first-order chi connectivity index (χ1) is 14.6. The van der Waals surface area contributed by atoms with E-state index in [1.165, 1.54) is 40.8 Å². The molecular formula is C21H18FN5OS2. The fourth-order valence-corrected chi connectivity index (χ4v) is 4.92. The van der Waals surface area contributed by atoms with E-state index in [1.807, 2.05) is 6.07 Å². The van der Waals surface area contributed by atoms with Gasteiger partial charge in [0, 0.05) is 12.2 Å². The number of hydrogen-bond acceptors (Lipinski definition) is 7. The Morgan fingerprint density at radius 1 is 1.23 bits per heavy atom. The van der Waals surface area contributed by atoms with Crippen LogP contribution in [0.2, 0.25) is 0 Å². The summed E-state index contributed by atoms with van der Waals surface area (Å²) in [5, 5.41) is 21.9. The first-order valence-electron chi connectivity index (χ1n) is 9.53. The van der Waals surface area contributed by atoms with Crippen molar-refractivity contribution < 1.29 is 9.18 Å². The van der Waals surface area contributed by atoms with Crippen molar-refractivity contribution in [2.45, 2.75) is 43.0 Å². The smallest absolute Gasteiger partial charge is 0.282 e. The molecule has 1 aliphatic carbocycles. The monoisotopic (exact) mass is 439 g/mol. The fourth-order valence-electron chi connectivity index (χ4n) is 3.20. The fraction of sp³-hybridized carbons (Fsp3) is 0.286. The molecule has 6 nitrogen and oxygen atoms in total. The highest BCUT2D eigenvalue weighted by Gasteiger charge is 2.17. The number of aryl methyl sites for hydroxylation is 2. The van der Waals surface area contributed by atoms with Crippen molar-refractivity contribution in [1.29, 1.82) is 5.26 Å². The average Bonchev–Trinajstić information content (AvgIpc) is 3.25. The van der Waals surface area contributed by atoms with Gasteiger partial charge in [-0.3, -0.25) is 4.79 Å². The van der Waals surface area contributed by atoms with E-state index < -0.39 is 0 Å². The Hall–Kier alpha value is -2.83. The van der Waals surface area contributed by atoms with Crippen LogP contribution in [-0.2, 0) is 25.1 Å². The average molecular weight is 440 g/mol. The molecule has 1 amide bonds. The molecule has 2 heterocycles. The lowest BCUT2D eigenvalue weighted by Crippen LogP contribution is -2.22. The van der Waals surface area contributed by atoms with Crippen molar-refractivity contribution in [3.63, 3.8) is 0 Å². The zero-order valence-electron chi connectivity index (χ0n) is 16.0. The molecule has 0 spiro atoms. The number of hydrogen-bond donors (Lipinski definition) is 1. The second-order valence-electron chi connectivity index (χ2n) is 6.86. The molecule has 0 saturated heterocycles. The molecule has 152 valence electrons. The van der Waals surface area contributed by atoms with Crippen LogP contribution in [0.1, 0.15) is 50.0 Å². The van der Waals surface area contributed by atoms with E-state index in [4.69, 9.17) is 4.98 Å². The first-order valence-corrected chi connectivity index (χ1v) is 11.3. The largest absolute Gasteiger partial charge is 0.346 e. The summed E-state index contributed by atoms with van der Waals surface area (Å²) in [6.07, 6.45) is 4.20. The van der Waals surface area contributed by atoms with E-state index in [0.717, 1.165) is 36.9 Å². The van der Waals surface area contributed by atoms with Gasteiger partial charge in [0.05, 0.1) is 11.3 Å². The predicted octanol–water partition coefficient (Wildman–Crippen LogP) is 4.04. The number of nitrogens with zero attached hydrogens (tertiary/aromatic N) is 4. The van der Waals surface area contributed by atoms with Crippen LogP contribution in [0.15, 0.2) is 35.4 Å². The quantitative estimate of drug-likeness (QED) is 0.583. The summed E-state index contributed by atoms with van der Waals surface area (Å²) >= 11 is 2.66. The minimum atomic E-state index is -0.322. The molecule has 30 heavy (non-hydrogen) atoms. The summed E-state index contributed by atoms with van der Waals surface area (Å²) < 4.78 is 13.0. The Morgan fingerprint density at radius 2 is 2.03 bits per heavy atom. The Bertz CT molecular complexity index is 1110. The van der Waals surface area contributed by atoms with Gasteiger partial charge in [-0.15, -0.1) is 10.2 Å². The van der Waals surface area contributed by atoms with Gasteiger partial charge in [0.15, 0.2) is 0 Å². The van der Waals surface area contributed by atoms with Gasteiger partial charge in [0.2, 0.25) is 5.01 Å². The second-order valence-corrected chi connectivity index (χ2v) is 8.89. The normalized spacial score (nSPS) is 12.8. The second kappa shape index (κ2) is 9.32. The number of carbonyl (C=O) groups excluding carboxylic acids is 1. The van der Waals surface area contributed by atoms with Crippen LogP contribution >= 0.6 is 23.1 Å². The summed E-state index contributed by atoms with van der Waals surface area (Å²) in [6.45, 7) is 0.285. The van der Waals surface area contributed by atoms with Gasteiger partial charge in [-0.25, -0.2) is 9.37 Å². The van der Waals surface area contributed by atoms with Crippen molar-refractivity contribution >= 4 is 29.0 Å². The van der Waals surface area contributed by atoms with Crippen molar-refractivity contribution in [3.05, 3.63) is 68.5 Å². The van der Waals surface area contributed by atoms with Gasteiger partial charge < -0.3 is 5.32 Å². The van der Waals surface area contributed by atoms with Crippen LogP contribution in [-0.4, -0.2) is 21.1 Å². The van der Waals surface area contributed by atoms with E-state index in [9.17, 15) is 14.4 Å². The number of thioether (sulfide) groups is 1. The predicted molar refractivity (Wildman–Crippen MR) is 113 cm³/mol. The summed E-state index contributed by atoms with van der Waals surface area (Å²) in [5.74, 6) is -0.148. The molecule has 0 aliphatic heterocycles. The number of amides is 1. The molecule has 1 aromatic carbocycles. The van der Waals surface area contributed by atoms with E-state index in [1.54, 1.807) is 12.1 Å². The third kappa shape index (κ3) is 4.83. The number of fused-ring (bicyclic) bond motifs is 1. The highest BCUT2D eigenvalue weighted by molar-refractivity contribution is 7.98. The molecule has 4 rings (SSSR count). The third-order valence-corrected chi connectivity index (χ3v) is 6.85. The molecule has 2 aromatic heterocycles. The highest BCUT2D eigenvalue weighted by atomic mass is 32.2. The Morgan fingerprint density at radius 3 is 2.83 bits per heavy atom. The molecule has 0 radical (unpaired) electrons. The summed E-state index contributed by atoms with van der Waals surface area (Å²) in [5.41, 5.74) is 3.65. The molecule has 3 aromatic rings. The van der Waals surface area contributed by atoms with Gasteiger partial charge in [-0.2, -0.15) is 5.26 Å². The lowest BCUT2D eigenvalue weighted by Gasteiger charge is -2.16. The molecule has 1 aliphatic rings. The van der Waals surface area contributed by atoms with Crippen LogP contribution in [0, 0.1) is 17.1 Å². The molecule has 0 unspecified atom stereocenters. The van der Waals surface area contributed by atoms with Crippen molar-refractivity contribution in [2.24, 2.45) is 0 Å². The van der Waals surface area contributed by atoms with Crippen LogP contribution < -0.4 is 5.32 Å². The van der Waals surface area contributed by atoms with Crippen LogP contribution in [0.5, 0.6) is 0 Å². The van der Waals surface area contributed by atoms with Gasteiger partial charge in [-0.05, 0) is 55.0 Å². The number of halogens is 1. The standard InChI is InChI=1S/C21H18FN5OS2/c22-16-7-5-13(6-8-16)11-24-19(28)21-27-26-18(30-21)12-29-20-15(10-23)9-14-3-1-2-4-17(14)25-20/h5-9H,1-4,11-12H2,(H,24,28). The molecular weight excluding hydrogens is 421 g/mol. The van der Waals surface area contributed by atoms with Gasteiger partial charge in [0.1, 0.15) is 21.9 Å². The summed E-state index contributed by atoms with van der Waals surface area (Å²) in [6, 6.07) is 10.1. The van der Waals surface area contributed by atoms with Gasteiger partial charge >= 0.3 is 0 Å². The summed E-state index contributed by atoms with van der Waals surface area (Å²) in [7, 11) is 0. The van der Waals surface area contributed by atoms with E-state index in [0.29, 0.717) is 21.3 Å². The number of benzene rings is 1. The maximum absolute atomic E-state index is 13.0. The molecule has 0 saturated carbocycles. The molecule has 9 heteroatoms. The topological polar surface area (TPSA) is 91.6 Å². The number of rotatable bonds is 6. The lowest BCUT2D eigenvalue weighted by atomic mass is 9.95. The Balaban J connectivity index is 1.37. The maximum atomic E-state index is 13.0. The first kappa shape index (κ1) is 20.4. The number of pyridine rings is 1. The van der Waals surface area contributed by atoms with E-state index in [-0.39, 0.29) is 23.3 Å². The van der Waals surface area contributed by atoms with Gasteiger partial charge in [0.25, 0.3) is 5.91 Å². The maximum Gasteiger partial charge on any atom is 0.282 e. The Kier molecular flexibility index (Phi) is 6.35. The molecule has 0 fully saturated rings. The number of carbonyl (C=O) groups is 1. The molecule has 1 N–H and O–H groups in total. The zero-order valence-corrected chi connectivity index (χ0v) is 17.7. The summed E-state index contributed by atoms with van der Waals surface area (Å²) in [4.78, 5) is 17.0. The highest BCUT2D eigenvalue weighted by Crippen LogP contribution is 2.29. The van der Waals surface area contributed by atoms with Crippen molar-refractivity contribution in [3.8, 4) is 6.07 Å². The zero-order chi connectivity index (χ0) is 20.9.